The van der Waals surface area contributed by atoms with Crippen molar-refractivity contribution in [3.8, 4) is 11.8 Å². The number of esters is 1. The molecule has 0 spiro atoms. The smallest absolute Gasteiger partial charge is 0.347 e. The van der Waals surface area contributed by atoms with Crippen LogP contribution in [0.25, 0.3) is 5.52 Å². The first kappa shape index (κ1) is 18.1. The minimum absolute atomic E-state index is 0.0224. The Kier molecular flexibility index (Phi) is 5.36. The number of hydrogen-bond acceptors (Lipinski definition) is 4. The highest BCUT2D eigenvalue weighted by atomic mass is 35.5. The van der Waals surface area contributed by atoms with Gasteiger partial charge in [-0.05, 0) is 37.3 Å². The largest absolute Gasteiger partial charge is 0.477 e. The molecule has 0 aliphatic carbocycles. The zero-order valence-electron chi connectivity index (χ0n) is 13.8. The molecule has 2 aromatic heterocycles. The number of halogens is 2. The lowest BCUT2D eigenvalue weighted by Crippen LogP contribution is -2.26. The molecular weight excluding hydrogens is 375 g/mol. The number of fused-ring (bicyclic) bond motifs is 1. The van der Waals surface area contributed by atoms with Gasteiger partial charge in [-0.3, -0.25) is 0 Å². The Morgan fingerprint density at radius 1 is 1.31 bits per heavy atom. The molecule has 0 N–H and O–H groups in total. The number of nitrogens with zero attached hydrogens (tertiary/aromatic N) is 2. The van der Waals surface area contributed by atoms with Crippen LogP contribution in [0, 0.1) is 11.3 Å². The fourth-order valence-corrected chi connectivity index (χ4v) is 2.94. The first-order valence-corrected chi connectivity index (χ1v) is 8.52. The van der Waals surface area contributed by atoms with Crippen molar-refractivity contribution in [1.82, 2.24) is 4.40 Å². The Morgan fingerprint density at radius 3 is 2.85 bits per heavy atom. The number of carbonyl (C=O) groups is 1. The number of rotatable bonds is 5. The summed E-state index contributed by atoms with van der Waals surface area (Å²) in [5.41, 5.74) is 1.87. The lowest BCUT2D eigenvalue weighted by atomic mass is 10.2. The Morgan fingerprint density at radius 2 is 2.12 bits per heavy atom. The van der Waals surface area contributed by atoms with Gasteiger partial charge in [-0.15, -0.1) is 0 Å². The van der Waals surface area contributed by atoms with Gasteiger partial charge in [-0.25, -0.2) is 4.79 Å². The summed E-state index contributed by atoms with van der Waals surface area (Å²) in [5.74, 6) is -0.219. The SMILES string of the molecule is CC(Oc1ccc(Cl)cc1Cl)C(=O)OCc1cn2ccccc2c1C#N. The van der Waals surface area contributed by atoms with Crippen LogP contribution in [0.5, 0.6) is 5.75 Å². The molecule has 1 atom stereocenters. The van der Waals surface area contributed by atoms with E-state index in [0.29, 0.717) is 26.9 Å². The van der Waals surface area contributed by atoms with E-state index in [2.05, 4.69) is 6.07 Å². The number of aromatic nitrogens is 1. The molecule has 1 unspecified atom stereocenters. The van der Waals surface area contributed by atoms with Gasteiger partial charge in [0.15, 0.2) is 6.10 Å². The van der Waals surface area contributed by atoms with E-state index >= 15 is 0 Å². The molecule has 1 aromatic carbocycles. The highest BCUT2D eigenvalue weighted by molar-refractivity contribution is 6.35. The molecule has 0 saturated carbocycles. The summed E-state index contributed by atoms with van der Waals surface area (Å²) in [6.07, 6.45) is 2.73. The second kappa shape index (κ2) is 7.69. The van der Waals surface area contributed by atoms with E-state index in [-0.39, 0.29) is 6.61 Å². The molecule has 2 heterocycles. The van der Waals surface area contributed by atoms with E-state index in [1.807, 2.05) is 28.8 Å². The average Bonchev–Trinajstić information content (AvgIpc) is 2.99. The summed E-state index contributed by atoms with van der Waals surface area (Å²) < 4.78 is 12.6. The van der Waals surface area contributed by atoms with Crippen LogP contribution in [0.4, 0.5) is 0 Å². The average molecular weight is 389 g/mol. The normalized spacial score (nSPS) is 11.8. The Hall–Kier alpha value is -2.68. The summed E-state index contributed by atoms with van der Waals surface area (Å²) in [6, 6.07) is 12.4. The number of hydrogen-bond donors (Lipinski definition) is 0. The molecule has 0 aliphatic rings. The fourth-order valence-electron chi connectivity index (χ4n) is 2.49. The third-order valence-electron chi connectivity index (χ3n) is 3.77. The number of carbonyl (C=O) groups excluding carboxylic acids is 1. The van der Waals surface area contributed by atoms with Gasteiger partial charge >= 0.3 is 5.97 Å². The van der Waals surface area contributed by atoms with Crippen molar-refractivity contribution in [1.29, 1.82) is 5.26 Å². The van der Waals surface area contributed by atoms with Crippen LogP contribution in [0.3, 0.4) is 0 Å². The Balaban J connectivity index is 1.68. The second-order valence-electron chi connectivity index (χ2n) is 5.58. The van der Waals surface area contributed by atoms with Gasteiger partial charge in [0.1, 0.15) is 18.4 Å². The van der Waals surface area contributed by atoms with Crippen molar-refractivity contribution in [2.24, 2.45) is 0 Å². The standard InChI is InChI=1S/C19H14Cl2N2O3/c1-12(26-18-6-5-14(20)8-16(18)21)19(24)25-11-13-10-23-7-3-2-4-17(23)15(13)9-22/h2-8,10,12H,11H2,1H3. The zero-order chi connectivity index (χ0) is 18.7. The molecule has 7 heteroatoms. The first-order chi connectivity index (χ1) is 12.5. The number of nitriles is 1. The van der Waals surface area contributed by atoms with Gasteiger partial charge in [0.05, 0.1) is 16.1 Å². The Bertz CT molecular complexity index is 1010. The van der Waals surface area contributed by atoms with Crippen molar-refractivity contribution >= 4 is 34.7 Å². The third kappa shape index (κ3) is 3.77. The van der Waals surface area contributed by atoms with Gasteiger partial charge < -0.3 is 13.9 Å². The molecule has 132 valence electrons. The van der Waals surface area contributed by atoms with Crippen molar-refractivity contribution in [3.63, 3.8) is 0 Å². The molecule has 0 saturated heterocycles. The highest BCUT2D eigenvalue weighted by Crippen LogP contribution is 2.28. The van der Waals surface area contributed by atoms with Crippen molar-refractivity contribution < 1.29 is 14.3 Å². The van der Waals surface area contributed by atoms with Crippen LogP contribution in [0.2, 0.25) is 10.0 Å². The molecule has 0 bridgehead atoms. The summed E-state index contributed by atoms with van der Waals surface area (Å²) in [4.78, 5) is 12.2. The maximum absolute atomic E-state index is 12.2. The molecule has 0 radical (unpaired) electrons. The third-order valence-corrected chi connectivity index (χ3v) is 4.30. The van der Waals surface area contributed by atoms with Gasteiger partial charge in [0.25, 0.3) is 0 Å². The quantitative estimate of drug-likeness (QED) is 0.597. The molecule has 0 fully saturated rings. The topological polar surface area (TPSA) is 63.7 Å². The van der Waals surface area contributed by atoms with Gasteiger partial charge in [-0.1, -0.05) is 29.3 Å². The highest BCUT2D eigenvalue weighted by Gasteiger charge is 2.19. The molecule has 5 nitrogen and oxygen atoms in total. The van der Waals surface area contributed by atoms with Crippen molar-refractivity contribution in [2.45, 2.75) is 19.6 Å². The Labute approximate surface area is 160 Å². The molecule has 26 heavy (non-hydrogen) atoms. The van der Waals surface area contributed by atoms with Gasteiger partial charge in [0, 0.05) is 23.0 Å². The first-order valence-electron chi connectivity index (χ1n) is 7.76. The second-order valence-corrected chi connectivity index (χ2v) is 6.42. The summed E-state index contributed by atoms with van der Waals surface area (Å²) >= 11 is 11.9. The fraction of sp³-hybridized carbons (Fsp3) is 0.158. The predicted molar refractivity (Wildman–Crippen MR) is 98.5 cm³/mol. The van der Waals surface area contributed by atoms with E-state index in [1.54, 1.807) is 25.3 Å². The van der Waals surface area contributed by atoms with Crippen molar-refractivity contribution in [2.75, 3.05) is 0 Å². The van der Waals surface area contributed by atoms with E-state index < -0.39 is 12.1 Å². The zero-order valence-corrected chi connectivity index (χ0v) is 15.3. The monoisotopic (exact) mass is 388 g/mol. The van der Waals surface area contributed by atoms with Crippen LogP contribution >= 0.6 is 23.2 Å². The molecule has 0 amide bonds. The maximum atomic E-state index is 12.2. The lowest BCUT2D eigenvalue weighted by Gasteiger charge is -2.15. The van der Waals surface area contributed by atoms with E-state index in [9.17, 15) is 10.1 Å². The lowest BCUT2D eigenvalue weighted by molar-refractivity contribution is -0.152. The molecule has 3 aromatic rings. The number of ether oxygens (including phenoxy) is 2. The minimum atomic E-state index is -0.865. The van der Waals surface area contributed by atoms with Crippen LogP contribution in [0.1, 0.15) is 18.1 Å². The van der Waals surface area contributed by atoms with E-state index in [4.69, 9.17) is 32.7 Å². The molecular formula is C19H14Cl2N2O3. The van der Waals surface area contributed by atoms with E-state index in [1.165, 1.54) is 6.07 Å². The summed E-state index contributed by atoms with van der Waals surface area (Å²) in [7, 11) is 0. The van der Waals surface area contributed by atoms with Crippen LogP contribution in [0.15, 0.2) is 48.8 Å². The predicted octanol–water partition coefficient (Wildman–Crippen LogP) is 4.63. The van der Waals surface area contributed by atoms with Crippen LogP contribution in [-0.4, -0.2) is 16.5 Å². The number of pyridine rings is 1. The summed E-state index contributed by atoms with van der Waals surface area (Å²) in [6.45, 7) is 1.54. The maximum Gasteiger partial charge on any atom is 0.347 e. The number of benzene rings is 1. The van der Waals surface area contributed by atoms with Gasteiger partial charge in [0.2, 0.25) is 0 Å². The van der Waals surface area contributed by atoms with Crippen molar-refractivity contribution in [3.05, 3.63) is 70.0 Å². The minimum Gasteiger partial charge on any atom is -0.477 e. The summed E-state index contributed by atoms with van der Waals surface area (Å²) in [5, 5.41) is 10.2. The van der Waals surface area contributed by atoms with Crippen LogP contribution in [-0.2, 0) is 16.1 Å². The molecule has 3 rings (SSSR count). The molecule has 0 aliphatic heterocycles. The van der Waals surface area contributed by atoms with E-state index in [0.717, 1.165) is 5.52 Å². The van der Waals surface area contributed by atoms with Crippen LogP contribution < -0.4 is 4.74 Å². The van der Waals surface area contributed by atoms with Gasteiger partial charge in [-0.2, -0.15) is 5.26 Å².